The summed E-state index contributed by atoms with van der Waals surface area (Å²) in [6, 6.07) is 13.5. The first-order valence-electron chi connectivity index (χ1n) is 7.02. The molecule has 2 rings (SSSR count). The number of halogens is 1. The zero-order chi connectivity index (χ0) is 15.2. The summed E-state index contributed by atoms with van der Waals surface area (Å²) in [6.45, 7) is 5.01. The van der Waals surface area contributed by atoms with Crippen LogP contribution >= 0.6 is 22.6 Å². The van der Waals surface area contributed by atoms with Gasteiger partial charge in [-0.3, -0.25) is 4.79 Å². The van der Waals surface area contributed by atoms with Gasteiger partial charge < -0.3 is 10.6 Å². The van der Waals surface area contributed by atoms with E-state index >= 15 is 0 Å². The van der Waals surface area contributed by atoms with Gasteiger partial charge in [0.25, 0.3) is 5.91 Å². The first kappa shape index (κ1) is 15.8. The van der Waals surface area contributed by atoms with Crippen molar-refractivity contribution in [1.29, 1.82) is 0 Å². The lowest BCUT2D eigenvalue weighted by molar-refractivity contribution is 0.102. The summed E-state index contributed by atoms with van der Waals surface area (Å²) in [5, 5.41) is 6.25. The fourth-order valence-electron chi connectivity index (χ4n) is 1.96. The van der Waals surface area contributed by atoms with Crippen LogP contribution in [0.1, 0.15) is 29.3 Å². The van der Waals surface area contributed by atoms with Gasteiger partial charge in [-0.15, -0.1) is 0 Å². The van der Waals surface area contributed by atoms with Gasteiger partial charge in [0.1, 0.15) is 0 Å². The minimum atomic E-state index is -0.0890. The highest BCUT2D eigenvalue weighted by atomic mass is 127. The molecular formula is C17H19IN2O. The van der Waals surface area contributed by atoms with Crippen LogP contribution in [0, 0.1) is 10.5 Å². The summed E-state index contributed by atoms with van der Waals surface area (Å²) >= 11 is 2.27. The lowest BCUT2D eigenvalue weighted by Gasteiger charge is -2.12. The largest absolute Gasteiger partial charge is 0.384 e. The number of hydrogen-bond donors (Lipinski definition) is 2. The summed E-state index contributed by atoms with van der Waals surface area (Å²) in [5.74, 6) is -0.0890. The van der Waals surface area contributed by atoms with Crippen LogP contribution in [0.15, 0.2) is 42.5 Å². The van der Waals surface area contributed by atoms with Gasteiger partial charge in [-0.05, 0) is 65.8 Å². The minimum absolute atomic E-state index is 0.0890. The van der Waals surface area contributed by atoms with Crippen LogP contribution in [-0.2, 0) is 0 Å². The Labute approximate surface area is 139 Å². The molecule has 110 valence electrons. The number of anilines is 2. The maximum Gasteiger partial charge on any atom is 0.257 e. The van der Waals surface area contributed by atoms with Crippen LogP contribution in [0.5, 0.6) is 0 Å². The van der Waals surface area contributed by atoms with E-state index in [2.05, 4.69) is 47.1 Å². The van der Waals surface area contributed by atoms with Crippen molar-refractivity contribution in [2.45, 2.75) is 20.3 Å². The quantitative estimate of drug-likeness (QED) is 0.724. The van der Waals surface area contributed by atoms with Crippen LogP contribution in [0.3, 0.4) is 0 Å². The third-order valence-electron chi connectivity index (χ3n) is 3.17. The molecule has 0 fully saturated rings. The third kappa shape index (κ3) is 4.20. The van der Waals surface area contributed by atoms with Crippen molar-refractivity contribution >= 4 is 39.9 Å². The topological polar surface area (TPSA) is 41.1 Å². The van der Waals surface area contributed by atoms with E-state index in [9.17, 15) is 4.79 Å². The van der Waals surface area contributed by atoms with Crippen LogP contribution < -0.4 is 10.6 Å². The smallest absolute Gasteiger partial charge is 0.257 e. The number of aryl methyl sites for hydroxylation is 1. The molecule has 4 heteroatoms. The maximum atomic E-state index is 12.4. The summed E-state index contributed by atoms with van der Waals surface area (Å²) < 4.78 is 1.14. The van der Waals surface area contributed by atoms with Crippen molar-refractivity contribution in [3.63, 3.8) is 0 Å². The van der Waals surface area contributed by atoms with E-state index in [-0.39, 0.29) is 5.91 Å². The Morgan fingerprint density at radius 1 is 1.19 bits per heavy atom. The summed E-state index contributed by atoms with van der Waals surface area (Å²) in [5.41, 5.74) is 3.57. The number of para-hydroxylation sites is 1. The summed E-state index contributed by atoms with van der Waals surface area (Å²) in [7, 11) is 0. The fraction of sp³-hybridized carbons (Fsp3) is 0.235. The second-order valence-electron chi connectivity index (χ2n) is 4.89. The Hall–Kier alpha value is -1.56. The van der Waals surface area contributed by atoms with Crippen molar-refractivity contribution in [2.24, 2.45) is 0 Å². The zero-order valence-electron chi connectivity index (χ0n) is 12.2. The standard InChI is InChI=1S/C17H19IN2O/c1-3-10-19-16-7-5-4-6-14(16)17(21)20-13-9-8-12(2)15(18)11-13/h4-9,11,19H,3,10H2,1-2H3,(H,20,21). The molecule has 2 aromatic rings. The first-order valence-corrected chi connectivity index (χ1v) is 8.10. The molecule has 0 atom stereocenters. The van der Waals surface area contributed by atoms with Crippen molar-refractivity contribution in [1.82, 2.24) is 0 Å². The summed E-state index contributed by atoms with van der Waals surface area (Å²) in [4.78, 5) is 12.4. The second kappa shape index (κ2) is 7.45. The number of amides is 1. The second-order valence-corrected chi connectivity index (χ2v) is 6.05. The highest BCUT2D eigenvalue weighted by Crippen LogP contribution is 2.20. The molecule has 1 amide bonds. The van der Waals surface area contributed by atoms with Gasteiger partial charge in [0.2, 0.25) is 0 Å². The van der Waals surface area contributed by atoms with Crippen molar-refractivity contribution in [3.8, 4) is 0 Å². The lowest BCUT2D eigenvalue weighted by atomic mass is 10.1. The molecule has 0 bridgehead atoms. The highest BCUT2D eigenvalue weighted by Gasteiger charge is 2.11. The molecule has 0 saturated heterocycles. The number of rotatable bonds is 5. The van der Waals surface area contributed by atoms with Gasteiger partial charge in [-0.25, -0.2) is 0 Å². The van der Waals surface area contributed by atoms with Crippen LogP contribution in [0.25, 0.3) is 0 Å². The number of benzene rings is 2. The van der Waals surface area contributed by atoms with Crippen molar-refractivity contribution < 1.29 is 4.79 Å². The zero-order valence-corrected chi connectivity index (χ0v) is 14.4. The molecule has 0 radical (unpaired) electrons. The van der Waals surface area contributed by atoms with Crippen molar-refractivity contribution in [2.75, 3.05) is 17.2 Å². The molecule has 0 aliphatic heterocycles. The van der Waals surface area contributed by atoms with E-state index in [1.165, 1.54) is 5.56 Å². The molecule has 0 aromatic heterocycles. The number of carbonyl (C=O) groups excluding carboxylic acids is 1. The third-order valence-corrected chi connectivity index (χ3v) is 4.33. The maximum absolute atomic E-state index is 12.4. The van der Waals surface area contributed by atoms with E-state index in [0.717, 1.165) is 27.9 Å². The monoisotopic (exact) mass is 394 g/mol. The van der Waals surface area contributed by atoms with Gasteiger partial charge >= 0.3 is 0 Å². The number of hydrogen-bond acceptors (Lipinski definition) is 2. The predicted octanol–water partition coefficient (Wildman–Crippen LogP) is 4.67. The van der Waals surface area contributed by atoms with Crippen LogP contribution in [-0.4, -0.2) is 12.5 Å². The number of nitrogens with one attached hydrogen (secondary N) is 2. The van der Waals surface area contributed by atoms with Gasteiger partial charge in [-0.1, -0.05) is 25.1 Å². The van der Waals surface area contributed by atoms with Gasteiger partial charge in [0.05, 0.1) is 5.56 Å². The normalized spacial score (nSPS) is 10.2. The molecule has 3 nitrogen and oxygen atoms in total. The van der Waals surface area contributed by atoms with E-state index in [4.69, 9.17) is 0 Å². The minimum Gasteiger partial charge on any atom is -0.384 e. The number of carbonyl (C=O) groups is 1. The Kier molecular flexibility index (Phi) is 5.61. The Morgan fingerprint density at radius 3 is 2.67 bits per heavy atom. The van der Waals surface area contributed by atoms with E-state index < -0.39 is 0 Å². The average Bonchev–Trinajstić information content (AvgIpc) is 2.49. The Bertz CT molecular complexity index is 640. The van der Waals surface area contributed by atoms with Crippen LogP contribution in [0.2, 0.25) is 0 Å². The highest BCUT2D eigenvalue weighted by molar-refractivity contribution is 14.1. The van der Waals surface area contributed by atoms with E-state index in [0.29, 0.717) is 5.56 Å². The lowest BCUT2D eigenvalue weighted by Crippen LogP contribution is -2.15. The average molecular weight is 394 g/mol. The van der Waals surface area contributed by atoms with Crippen LogP contribution in [0.4, 0.5) is 11.4 Å². The van der Waals surface area contributed by atoms with Crippen molar-refractivity contribution in [3.05, 3.63) is 57.2 Å². The molecule has 2 N–H and O–H groups in total. The first-order chi connectivity index (χ1) is 10.1. The van der Waals surface area contributed by atoms with Gasteiger partial charge in [-0.2, -0.15) is 0 Å². The molecule has 0 aliphatic rings. The molecular weight excluding hydrogens is 375 g/mol. The molecule has 0 saturated carbocycles. The van der Waals surface area contributed by atoms with E-state index in [1.807, 2.05) is 42.5 Å². The molecule has 0 unspecified atom stereocenters. The SMILES string of the molecule is CCCNc1ccccc1C(=O)Nc1ccc(C)c(I)c1. The molecule has 0 spiro atoms. The van der Waals surface area contributed by atoms with Gasteiger partial charge in [0.15, 0.2) is 0 Å². The molecule has 0 aliphatic carbocycles. The predicted molar refractivity (Wildman–Crippen MR) is 97.1 cm³/mol. The fourth-order valence-corrected chi connectivity index (χ4v) is 2.48. The Balaban J connectivity index is 2.18. The Morgan fingerprint density at radius 2 is 1.95 bits per heavy atom. The molecule has 0 heterocycles. The molecule has 2 aromatic carbocycles. The van der Waals surface area contributed by atoms with E-state index in [1.54, 1.807) is 0 Å². The van der Waals surface area contributed by atoms with Gasteiger partial charge in [0, 0.05) is 21.5 Å². The summed E-state index contributed by atoms with van der Waals surface area (Å²) in [6.07, 6.45) is 1.02. The molecule has 21 heavy (non-hydrogen) atoms.